The number of hydrogen-bond acceptors (Lipinski definition) is 1. The zero-order valence-corrected chi connectivity index (χ0v) is 11.1. The van der Waals surface area contributed by atoms with Gasteiger partial charge in [0.1, 0.15) is 11.6 Å². The van der Waals surface area contributed by atoms with Crippen LogP contribution in [0.25, 0.3) is 0 Å². The molecule has 0 aliphatic carbocycles. The van der Waals surface area contributed by atoms with Gasteiger partial charge in [-0.25, -0.2) is 8.78 Å². The van der Waals surface area contributed by atoms with Crippen LogP contribution in [0, 0.1) is 18.6 Å². The Morgan fingerprint density at radius 2 is 1.83 bits per heavy atom. The Bertz CT molecular complexity index is 603. The summed E-state index contributed by atoms with van der Waals surface area (Å²) in [5.41, 5.74) is 0.490. The second-order valence-electron chi connectivity index (χ2n) is 3.89. The molecule has 0 fully saturated rings. The fourth-order valence-corrected chi connectivity index (χ4v) is 2.12. The van der Waals surface area contributed by atoms with Crippen molar-refractivity contribution in [3.05, 3.63) is 69.2 Å². The number of carbonyl (C=O) groups is 1. The Morgan fingerprint density at radius 3 is 2.44 bits per heavy atom. The summed E-state index contributed by atoms with van der Waals surface area (Å²) in [5, 5.41) is 0. The summed E-state index contributed by atoms with van der Waals surface area (Å²) in [7, 11) is 0. The quantitative estimate of drug-likeness (QED) is 0.757. The predicted octanol–water partition coefficient (Wildman–Crippen LogP) is 4.27. The molecule has 0 bridgehead atoms. The largest absolute Gasteiger partial charge is 0.288 e. The minimum Gasteiger partial charge on any atom is -0.288 e. The highest BCUT2D eigenvalue weighted by Gasteiger charge is 2.17. The van der Waals surface area contributed by atoms with Crippen molar-refractivity contribution in [3.8, 4) is 0 Å². The molecule has 0 heterocycles. The normalized spacial score (nSPS) is 10.4. The second kappa shape index (κ2) is 4.98. The molecule has 0 atom stereocenters. The van der Waals surface area contributed by atoms with Gasteiger partial charge in [-0.3, -0.25) is 4.79 Å². The van der Waals surface area contributed by atoms with Crippen molar-refractivity contribution in [1.82, 2.24) is 0 Å². The van der Waals surface area contributed by atoms with Gasteiger partial charge in [-0.1, -0.05) is 18.2 Å². The summed E-state index contributed by atoms with van der Waals surface area (Å²) in [5.74, 6) is -1.65. The van der Waals surface area contributed by atoms with Gasteiger partial charge in [-0.15, -0.1) is 0 Å². The first-order valence-corrected chi connectivity index (χ1v) is 6.05. The molecule has 0 aliphatic rings. The Morgan fingerprint density at radius 1 is 1.11 bits per heavy atom. The van der Waals surface area contributed by atoms with E-state index >= 15 is 0 Å². The molecule has 4 heteroatoms. The molecule has 2 rings (SSSR count). The fourth-order valence-electron chi connectivity index (χ4n) is 1.59. The van der Waals surface area contributed by atoms with Crippen LogP contribution < -0.4 is 0 Å². The molecule has 0 amide bonds. The van der Waals surface area contributed by atoms with Crippen LogP contribution in [-0.2, 0) is 0 Å². The van der Waals surface area contributed by atoms with E-state index in [1.165, 1.54) is 24.3 Å². The van der Waals surface area contributed by atoms with Crippen LogP contribution in [0.4, 0.5) is 8.78 Å². The van der Waals surface area contributed by atoms with E-state index in [0.29, 0.717) is 10.0 Å². The lowest BCUT2D eigenvalue weighted by atomic mass is 10.0. The van der Waals surface area contributed by atoms with Crippen LogP contribution >= 0.6 is 15.9 Å². The van der Waals surface area contributed by atoms with E-state index in [1.807, 2.05) is 0 Å². The molecule has 0 N–H and O–H groups in total. The maximum Gasteiger partial charge on any atom is 0.197 e. The Labute approximate surface area is 112 Å². The van der Waals surface area contributed by atoms with E-state index in [0.717, 1.165) is 6.07 Å². The molecule has 0 saturated carbocycles. The zero-order chi connectivity index (χ0) is 13.3. The van der Waals surface area contributed by atoms with E-state index in [4.69, 9.17) is 0 Å². The molecule has 0 saturated heterocycles. The van der Waals surface area contributed by atoms with Gasteiger partial charge in [0, 0.05) is 10.0 Å². The van der Waals surface area contributed by atoms with Gasteiger partial charge in [0.25, 0.3) is 0 Å². The van der Waals surface area contributed by atoms with Gasteiger partial charge < -0.3 is 0 Å². The second-order valence-corrected chi connectivity index (χ2v) is 4.74. The minimum atomic E-state index is -0.629. The average molecular weight is 311 g/mol. The molecular weight excluding hydrogens is 302 g/mol. The maximum absolute atomic E-state index is 13.6. The third-order valence-corrected chi connectivity index (χ3v) is 3.28. The smallest absolute Gasteiger partial charge is 0.197 e. The van der Waals surface area contributed by atoms with Crippen LogP contribution in [-0.4, -0.2) is 5.78 Å². The highest BCUT2D eigenvalue weighted by Crippen LogP contribution is 2.23. The average Bonchev–Trinajstić information content (AvgIpc) is 2.32. The highest BCUT2D eigenvalue weighted by atomic mass is 79.9. The first kappa shape index (κ1) is 12.9. The van der Waals surface area contributed by atoms with Gasteiger partial charge in [-0.2, -0.15) is 0 Å². The van der Waals surface area contributed by atoms with E-state index in [2.05, 4.69) is 15.9 Å². The number of carbonyl (C=O) groups excluding carboxylic acids is 1. The third kappa shape index (κ3) is 2.34. The van der Waals surface area contributed by atoms with Gasteiger partial charge in [0.2, 0.25) is 0 Å². The number of benzene rings is 2. The lowest BCUT2D eigenvalue weighted by Crippen LogP contribution is -2.06. The first-order valence-electron chi connectivity index (χ1n) is 5.25. The van der Waals surface area contributed by atoms with Crippen LogP contribution in [0.2, 0.25) is 0 Å². The van der Waals surface area contributed by atoms with Gasteiger partial charge in [-0.05, 0) is 46.6 Å². The summed E-state index contributed by atoms with van der Waals surface area (Å²) in [6.07, 6.45) is 0. The standard InChI is InChI=1S/C14H9BrF2O/c1-8-5-6-9(7-12(8)17)14(18)13-10(15)3-2-4-11(13)16/h2-7H,1H3. The topological polar surface area (TPSA) is 17.1 Å². The molecule has 0 spiro atoms. The van der Waals surface area contributed by atoms with Crippen LogP contribution in [0.15, 0.2) is 40.9 Å². The Kier molecular flexibility index (Phi) is 3.57. The van der Waals surface area contributed by atoms with E-state index < -0.39 is 17.4 Å². The molecule has 0 unspecified atom stereocenters. The fraction of sp³-hybridized carbons (Fsp3) is 0.0714. The number of rotatable bonds is 2. The summed E-state index contributed by atoms with van der Waals surface area (Å²) in [6, 6.07) is 8.36. The highest BCUT2D eigenvalue weighted by molar-refractivity contribution is 9.10. The molecular formula is C14H9BrF2O. The van der Waals surface area contributed by atoms with E-state index in [-0.39, 0.29) is 11.1 Å². The lowest BCUT2D eigenvalue weighted by Gasteiger charge is -2.06. The van der Waals surface area contributed by atoms with Crippen molar-refractivity contribution in [1.29, 1.82) is 0 Å². The van der Waals surface area contributed by atoms with Crippen LogP contribution in [0.3, 0.4) is 0 Å². The third-order valence-electron chi connectivity index (χ3n) is 2.62. The predicted molar refractivity (Wildman–Crippen MR) is 68.7 cm³/mol. The van der Waals surface area contributed by atoms with Crippen molar-refractivity contribution in [2.24, 2.45) is 0 Å². The molecule has 18 heavy (non-hydrogen) atoms. The van der Waals surface area contributed by atoms with Crippen molar-refractivity contribution < 1.29 is 13.6 Å². The number of halogens is 3. The molecule has 2 aromatic rings. The molecule has 2 aromatic carbocycles. The van der Waals surface area contributed by atoms with Gasteiger partial charge in [0.15, 0.2) is 5.78 Å². The Balaban J connectivity index is 2.51. The maximum atomic E-state index is 13.6. The summed E-state index contributed by atoms with van der Waals surface area (Å²) >= 11 is 3.12. The van der Waals surface area contributed by atoms with Gasteiger partial charge in [0.05, 0.1) is 5.56 Å². The lowest BCUT2D eigenvalue weighted by molar-refractivity contribution is 0.103. The van der Waals surface area contributed by atoms with Gasteiger partial charge >= 0.3 is 0 Å². The number of hydrogen-bond donors (Lipinski definition) is 0. The molecule has 0 radical (unpaired) electrons. The zero-order valence-electron chi connectivity index (χ0n) is 9.51. The van der Waals surface area contributed by atoms with Crippen molar-refractivity contribution in [2.45, 2.75) is 6.92 Å². The van der Waals surface area contributed by atoms with Crippen LogP contribution in [0.1, 0.15) is 21.5 Å². The Hall–Kier alpha value is -1.55. The molecule has 92 valence electrons. The number of ketones is 1. The van der Waals surface area contributed by atoms with Crippen molar-refractivity contribution >= 4 is 21.7 Å². The molecule has 0 aromatic heterocycles. The van der Waals surface area contributed by atoms with E-state index in [9.17, 15) is 13.6 Å². The minimum absolute atomic E-state index is 0.0826. The summed E-state index contributed by atoms with van der Waals surface area (Å²) in [6.45, 7) is 1.60. The van der Waals surface area contributed by atoms with Crippen LogP contribution in [0.5, 0.6) is 0 Å². The monoisotopic (exact) mass is 310 g/mol. The van der Waals surface area contributed by atoms with Crippen molar-refractivity contribution in [2.75, 3.05) is 0 Å². The van der Waals surface area contributed by atoms with E-state index in [1.54, 1.807) is 13.0 Å². The number of aryl methyl sites for hydroxylation is 1. The summed E-state index contributed by atoms with van der Waals surface area (Å²) in [4.78, 5) is 12.1. The summed E-state index contributed by atoms with van der Waals surface area (Å²) < 4.78 is 27.4. The molecule has 0 aliphatic heterocycles. The molecule has 1 nitrogen and oxygen atoms in total. The first-order chi connectivity index (χ1) is 8.50. The SMILES string of the molecule is Cc1ccc(C(=O)c2c(F)cccc2Br)cc1F. The van der Waals surface area contributed by atoms with Crippen molar-refractivity contribution in [3.63, 3.8) is 0 Å².